The fourth-order valence-corrected chi connectivity index (χ4v) is 4.43. The lowest BCUT2D eigenvalue weighted by molar-refractivity contribution is -0.122. The molecule has 5 rings (SSSR count). The van der Waals surface area contributed by atoms with Gasteiger partial charge in [0.15, 0.2) is 5.78 Å². The molecule has 1 saturated heterocycles. The van der Waals surface area contributed by atoms with Gasteiger partial charge in [0.1, 0.15) is 23.4 Å². The number of ether oxygens (including phenoxy) is 1. The number of hydrogen-bond donors (Lipinski definition) is 1. The van der Waals surface area contributed by atoms with Crippen LogP contribution in [0.2, 0.25) is 0 Å². The monoisotopic (exact) mass is 439 g/mol. The summed E-state index contributed by atoms with van der Waals surface area (Å²) in [5, 5.41) is 4.18. The molecule has 0 saturated carbocycles. The van der Waals surface area contributed by atoms with E-state index in [1.807, 2.05) is 60.7 Å². The molecule has 3 aromatic carbocycles. The molecule has 2 atom stereocenters. The quantitative estimate of drug-likeness (QED) is 0.597. The van der Waals surface area contributed by atoms with Gasteiger partial charge in [-0.05, 0) is 23.3 Å². The van der Waals surface area contributed by atoms with Gasteiger partial charge in [0, 0.05) is 6.07 Å². The van der Waals surface area contributed by atoms with Crippen molar-refractivity contribution in [3.8, 4) is 5.75 Å². The van der Waals surface area contributed by atoms with Crippen LogP contribution in [-0.4, -0.2) is 36.5 Å². The molecule has 33 heavy (non-hydrogen) atoms. The highest BCUT2D eigenvalue weighted by atomic mass is 16.5. The molecule has 0 unspecified atom stereocenters. The molecular formula is C26H21N3O4. The number of hydrazone groups is 1. The normalized spacial score (nSPS) is 19.3. The number of rotatable bonds is 6. The van der Waals surface area contributed by atoms with E-state index in [9.17, 15) is 14.4 Å². The van der Waals surface area contributed by atoms with Crippen LogP contribution in [-0.2, 0) is 14.4 Å². The number of imide groups is 1. The zero-order chi connectivity index (χ0) is 22.9. The molecule has 164 valence electrons. The van der Waals surface area contributed by atoms with Crippen LogP contribution in [0.1, 0.15) is 17.0 Å². The minimum Gasteiger partial charge on any atom is -0.497 e. The van der Waals surface area contributed by atoms with Gasteiger partial charge >= 0.3 is 0 Å². The molecule has 2 aliphatic rings. The van der Waals surface area contributed by atoms with Gasteiger partial charge in [0.05, 0.1) is 18.7 Å². The van der Waals surface area contributed by atoms with Gasteiger partial charge in [0.2, 0.25) is 5.91 Å². The number of carbonyl (C=O) groups excluding carboxylic acids is 3. The summed E-state index contributed by atoms with van der Waals surface area (Å²) < 4.78 is 5.22. The Balaban J connectivity index is 1.51. The van der Waals surface area contributed by atoms with E-state index in [0.717, 1.165) is 16.0 Å². The number of Topliss-reactive ketones (excluding diaryl/α,β-unsaturated/α-hetero) is 1. The van der Waals surface area contributed by atoms with E-state index >= 15 is 0 Å². The second-order valence-electron chi connectivity index (χ2n) is 7.91. The summed E-state index contributed by atoms with van der Waals surface area (Å²) in [4.78, 5) is 41.4. The summed E-state index contributed by atoms with van der Waals surface area (Å²) >= 11 is 0. The molecule has 2 heterocycles. The molecule has 0 spiro atoms. The van der Waals surface area contributed by atoms with Crippen LogP contribution in [0.4, 0.5) is 5.69 Å². The van der Waals surface area contributed by atoms with Crippen molar-refractivity contribution in [1.29, 1.82) is 0 Å². The van der Waals surface area contributed by atoms with Crippen LogP contribution in [0.25, 0.3) is 0 Å². The van der Waals surface area contributed by atoms with Crippen LogP contribution in [0.15, 0.2) is 90.0 Å². The van der Waals surface area contributed by atoms with Crippen molar-refractivity contribution in [3.05, 3.63) is 96.1 Å². The first-order chi connectivity index (χ1) is 16.1. The Hall–Kier alpha value is -4.26. The van der Waals surface area contributed by atoms with E-state index in [0.29, 0.717) is 11.4 Å². The fraction of sp³-hybridized carbons (Fsp3) is 0.154. The summed E-state index contributed by atoms with van der Waals surface area (Å²) in [7, 11) is 1.51. The zero-order valence-corrected chi connectivity index (χ0v) is 17.8. The van der Waals surface area contributed by atoms with Crippen LogP contribution in [0.5, 0.6) is 5.75 Å². The predicted octanol–water partition coefficient (Wildman–Crippen LogP) is 2.91. The molecule has 2 amide bonds. The van der Waals surface area contributed by atoms with Crippen molar-refractivity contribution >= 4 is 29.0 Å². The zero-order valence-electron chi connectivity index (χ0n) is 17.8. The Bertz CT molecular complexity index is 1220. The summed E-state index contributed by atoms with van der Waals surface area (Å²) in [5.74, 6) is -2.32. The lowest BCUT2D eigenvalue weighted by Crippen LogP contribution is -2.36. The van der Waals surface area contributed by atoms with Crippen molar-refractivity contribution in [2.75, 3.05) is 12.0 Å². The molecule has 7 nitrogen and oxygen atoms in total. The lowest BCUT2D eigenvalue weighted by atomic mass is 9.82. The standard InChI is InChI=1S/C26H21N3O4/c1-33-19-14-8-13-18(15-19)29-25(31)21-22(27-28-23(21)26(29)32)24(30)20(16-9-4-2-5-10-16)17-11-6-3-7-12-17/h2-15,20-21,23,28H,1H3/t21-,23-/m0/s1. The van der Waals surface area contributed by atoms with Gasteiger partial charge in [-0.1, -0.05) is 66.7 Å². The van der Waals surface area contributed by atoms with Crippen molar-refractivity contribution in [1.82, 2.24) is 5.43 Å². The molecule has 0 radical (unpaired) electrons. The van der Waals surface area contributed by atoms with Gasteiger partial charge in [-0.25, -0.2) is 4.90 Å². The Morgan fingerprint density at radius 2 is 1.55 bits per heavy atom. The molecule has 7 heteroatoms. The van der Waals surface area contributed by atoms with E-state index in [-0.39, 0.29) is 11.5 Å². The van der Waals surface area contributed by atoms with Crippen LogP contribution >= 0.6 is 0 Å². The highest BCUT2D eigenvalue weighted by Crippen LogP contribution is 2.35. The van der Waals surface area contributed by atoms with Crippen LogP contribution in [0, 0.1) is 5.92 Å². The smallest absolute Gasteiger partial charge is 0.259 e. The Labute approximate surface area is 190 Å². The molecule has 1 N–H and O–H groups in total. The first-order valence-corrected chi connectivity index (χ1v) is 10.6. The van der Waals surface area contributed by atoms with E-state index in [1.54, 1.807) is 24.3 Å². The lowest BCUT2D eigenvalue weighted by Gasteiger charge is -2.19. The molecule has 0 aromatic heterocycles. The Kier molecular flexibility index (Phi) is 5.22. The van der Waals surface area contributed by atoms with Crippen molar-refractivity contribution in [2.24, 2.45) is 11.0 Å². The van der Waals surface area contributed by atoms with Gasteiger partial charge in [-0.15, -0.1) is 0 Å². The van der Waals surface area contributed by atoms with E-state index in [1.165, 1.54) is 7.11 Å². The number of hydrogen-bond acceptors (Lipinski definition) is 6. The van der Waals surface area contributed by atoms with Gasteiger partial charge in [-0.3, -0.25) is 19.8 Å². The van der Waals surface area contributed by atoms with E-state index in [4.69, 9.17) is 4.74 Å². The highest BCUT2D eigenvalue weighted by Gasteiger charge is 2.56. The fourth-order valence-electron chi connectivity index (χ4n) is 4.43. The minimum absolute atomic E-state index is 0.0708. The summed E-state index contributed by atoms with van der Waals surface area (Å²) in [6.07, 6.45) is 0. The molecule has 0 aliphatic carbocycles. The number of nitrogens with one attached hydrogen (secondary N) is 1. The average Bonchev–Trinajstić information content (AvgIpc) is 3.40. The third-order valence-electron chi connectivity index (χ3n) is 6.02. The van der Waals surface area contributed by atoms with Crippen LogP contribution < -0.4 is 15.1 Å². The largest absolute Gasteiger partial charge is 0.497 e. The van der Waals surface area contributed by atoms with E-state index in [2.05, 4.69) is 10.5 Å². The van der Waals surface area contributed by atoms with Crippen molar-refractivity contribution in [2.45, 2.75) is 12.0 Å². The number of carbonyl (C=O) groups is 3. The topological polar surface area (TPSA) is 88.1 Å². The number of anilines is 1. The maximum absolute atomic E-state index is 13.8. The summed E-state index contributed by atoms with van der Waals surface area (Å²) in [5.41, 5.74) is 4.79. The third kappa shape index (κ3) is 3.47. The number of nitrogens with zero attached hydrogens (tertiary/aromatic N) is 2. The molecule has 3 aromatic rings. The molecule has 2 aliphatic heterocycles. The second kappa shape index (κ2) is 8.35. The first kappa shape index (κ1) is 20.6. The maximum atomic E-state index is 13.8. The second-order valence-corrected chi connectivity index (χ2v) is 7.91. The predicted molar refractivity (Wildman–Crippen MR) is 123 cm³/mol. The first-order valence-electron chi connectivity index (χ1n) is 10.6. The van der Waals surface area contributed by atoms with Gasteiger partial charge < -0.3 is 4.74 Å². The SMILES string of the molecule is COc1cccc(N2C(=O)[C@H]3C(C(=O)C(c4ccccc4)c4ccccc4)=NN[C@@H]3C2=O)c1. The Morgan fingerprint density at radius 1 is 0.909 bits per heavy atom. The van der Waals surface area contributed by atoms with Crippen molar-refractivity contribution < 1.29 is 19.1 Å². The number of methoxy groups -OCH3 is 1. The summed E-state index contributed by atoms with van der Waals surface area (Å²) in [6, 6.07) is 24.5. The number of ketones is 1. The Morgan fingerprint density at radius 3 is 2.15 bits per heavy atom. The average molecular weight is 439 g/mol. The van der Waals surface area contributed by atoms with Crippen LogP contribution in [0.3, 0.4) is 0 Å². The molecule has 1 fully saturated rings. The van der Waals surface area contributed by atoms with Crippen molar-refractivity contribution in [3.63, 3.8) is 0 Å². The molecular weight excluding hydrogens is 418 g/mol. The van der Waals surface area contributed by atoms with Gasteiger partial charge in [-0.2, -0.15) is 5.10 Å². The maximum Gasteiger partial charge on any atom is 0.259 e. The minimum atomic E-state index is -0.980. The number of amides is 2. The van der Waals surface area contributed by atoms with E-state index < -0.39 is 29.7 Å². The van der Waals surface area contributed by atoms with Gasteiger partial charge in [0.25, 0.3) is 5.91 Å². The molecule has 0 bridgehead atoms. The summed E-state index contributed by atoms with van der Waals surface area (Å²) in [6.45, 7) is 0. The number of fused-ring (bicyclic) bond motifs is 1. The number of benzene rings is 3. The third-order valence-corrected chi connectivity index (χ3v) is 6.02. The highest BCUT2D eigenvalue weighted by molar-refractivity contribution is 6.50.